The minimum absolute atomic E-state index is 0.213. The van der Waals surface area contributed by atoms with Crippen LogP contribution in [0, 0.1) is 0 Å². The Labute approximate surface area is 245 Å². The highest BCUT2D eigenvalue weighted by molar-refractivity contribution is 6.99. The van der Waals surface area contributed by atoms with Gasteiger partial charge in [-0.25, -0.2) is 0 Å². The van der Waals surface area contributed by atoms with E-state index >= 15 is 0 Å². The van der Waals surface area contributed by atoms with Crippen LogP contribution in [0.3, 0.4) is 0 Å². The lowest BCUT2D eigenvalue weighted by atomic mass is 9.91. The lowest BCUT2D eigenvalue weighted by Crippen LogP contribution is -2.67. The predicted molar refractivity (Wildman–Crippen MR) is 158 cm³/mol. The van der Waals surface area contributed by atoms with Crippen LogP contribution in [0.1, 0.15) is 54.9 Å². The maximum absolute atomic E-state index is 11.1. The SMILES string of the molecule is CC1(C)O[C@H]([C@@H]2O[C@@H]([C@H]3COC(C)(C)O3)C[C@@H](O)[C@H]2O)[C@@H](CO[Si](c2ccccc2)(c2ccccc2)C(C)(C)C)O1. The van der Waals surface area contributed by atoms with Crippen LogP contribution in [0.25, 0.3) is 0 Å². The fraction of sp³-hybridized carbons (Fsp3) is 0.625. The van der Waals surface area contributed by atoms with Gasteiger partial charge in [0.25, 0.3) is 8.32 Å². The Bertz CT molecular complexity index is 1110. The zero-order valence-electron chi connectivity index (χ0n) is 25.3. The van der Waals surface area contributed by atoms with Crippen molar-refractivity contribution in [2.24, 2.45) is 0 Å². The van der Waals surface area contributed by atoms with Gasteiger partial charge in [-0.3, -0.25) is 0 Å². The molecule has 3 aliphatic rings. The molecule has 0 amide bonds. The van der Waals surface area contributed by atoms with Crippen molar-refractivity contribution in [1.82, 2.24) is 0 Å². The zero-order chi connectivity index (χ0) is 29.6. The molecule has 2 aromatic carbocycles. The van der Waals surface area contributed by atoms with Crippen molar-refractivity contribution in [3.63, 3.8) is 0 Å². The molecular formula is C32H46O8Si. The normalized spacial score (nSPS) is 33.6. The number of ether oxygens (including phenoxy) is 5. The molecule has 7 atom stereocenters. The molecule has 0 radical (unpaired) electrons. The van der Waals surface area contributed by atoms with E-state index in [0.29, 0.717) is 6.61 Å². The first-order chi connectivity index (χ1) is 19.2. The minimum Gasteiger partial charge on any atom is -0.405 e. The van der Waals surface area contributed by atoms with Gasteiger partial charge in [-0.05, 0) is 43.1 Å². The van der Waals surface area contributed by atoms with E-state index in [0.717, 1.165) is 0 Å². The van der Waals surface area contributed by atoms with E-state index in [1.165, 1.54) is 10.4 Å². The third-order valence-electron chi connectivity index (χ3n) is 8.41. The summed E-state index contributed by atoms with van der Waals surface area (Å²) >= 11 is 0. The second kappa shape index (κ2) is 11.4. The highest BCUT2D eigenvalue weighted by atomic mass is 28.4. The molecule has 41 heavy (non-hydrogen) atoms. The number of aliphatic hydroxyl groups is 2. The van der Waals surface area contributed by atoms with Crippen molar-refractivity contribution in [3.05, 3.63) is 60.7 Å². The van der Waals surface area contributed by atoms with Crippen LogP contribution >= 0.6 is 0 Å². The van der Waals surface area contributed by atoms with Gasteiger partial charge in [-0.2, -0.15) is 0 Å². The predicted octanol–water partition coefficient (Wildman–Crippen LogP) is 3.11. The summed E-state index contributed by atoms with van der Waals surface area (Å²) in [5.41, 5.74) is 0. The first-order valence-corrected chi connectivity index (χ1v) is 16.6. The molecular weight excluding hydrogens is 540 g/mol. The second-order valence-electron chi connectivity index (χ2n) is 13.4. The van der Waals surface area contributed by atoms with Gasteiger partial charge in [0.2, 0.25) is 0 Å². The molecule has 0 unspecified atom stereocenters. The number of hydrogen-bond acceptors (Lipinski definition) is 8. The van der Waals surface area contributed by atoms with Gasteiger partial charge in [-0.15, -0.1) is 0 Å². The van der Waals surface area contributed by atoms with Crippen LogP contribution < -0.4 is 10.4 Å². The van der Waals surface area contributed by atoms with Crippen molar-refractivity contribution in [2.45, 2.75) is 114 Å². The van der Waals surface area contributed by atoms with Gasteiger partial charge in [-0.1, -0.05) is 81.4 Å². The average Bonchev–Trinajstić information content (AvgIpc) is 3.43. The van der Waals surface area contributed by atoms with Crippen LogP contribution in [0.4, 0.5) is 0 Å². The number of rotatable bonds is 7. The molecule has 2 N–H and O–H groups in total. The summed E-state index contributed by atoms with van der Waals surface area (Å²) in [7, 11) is -2.85. The summed E-state index contributed by atoms with van der Waals surface area (Å²) in [6, 6.07) is 20.9. The average molecular weight is 587 g/mol. The molecule has 3 heterocycles. The second-order valence-corrected chi connectivity index (χ2v) is 17.7. The highest BCUT2D eigenvalue weighted by Crippen LogP contribution is 2.40. The molecule has 0 spiro atoms. The van der Waals surface area contributed by atoms with E-state index in [2.05, 4.69) is 69.3 Å². The quantitative estimate of drug-likeness (QED) is 0.478. The summed E-state index contributed by atoms with van der Waals surface area (Å²) in [5, 5.41) is 24.2. The zero-order valence-corrected chi connectivity index (χ0v) is 26.3. The maximum atomic E-state index is 11.1. The molecule has 0 saturated carbocycles. The molecule has 5 rings (SSSR count). The molecule has 0 aromatic heterocycles. The third-order valence-corrected chi connectivity index (χ3v) is 13.4. The van der Waals surface area contributed by atoms with E-state index in [1.54, 1.807) is 0 Å². The molecule has 9 heteroatoms. The first-order valence-electron chi connectivity index (χ1n) is 14.7. The molecule has 0 bridgehead atoms. The molecule has 226 valence electrons. The van der Waals surface area contributed by atoms with Crippen molar-refractivity contribution < 1.29 is 38.3 Å². The molecule has 0 aliphatic carbocycles. The molecule has 2 aromatic rings. The molecule has 3 aliphatic heterocycles. The van der Waals surface area contributed by atoms with Crippen molar-refractivity contribution in [2.75, 3.05) is 13.2 Å². The van der Waals surface area contributed by atoms with Crippen LogP contribution in [0.5, 0.6) is 0 Å². The van der Waals surface area contributed by atoms with Gasteiger partial charge in [0, 0.05) is 6.42 Å². The Kier molecular flexibility index (Phi) is 8.59. The smallest absolute Gasteiger partial charge is 0.261 e. The van der Waals surface area contributed by atoms with E-state index in [4.69, 9.17) is 28.1 Å². The van der Waals surface area contributed by atoms with E-state index in [9.17, 15) is 10.2 Å². The van der Waals surface area contributed by atoms with Crippen molar-refractivity contribution in [3.8, 4) is 0 Å². The summed E-state index contributed by atoms with van der Waals surface area (Å²) in [4.78, 5) is 0. The van der Waals surface area contributed by atoms with Gasteiger partial charge < -0.3 is 38.3 Å². The van der Waals surface area contributed by atoms with E-state index in [1.807, 2.05) is 39.8 Å². The molecule has 8 nitrogen and oxygen atoms in total. The summed E-state index contributed by atoms with van der Waals surface area (Å²) in [6.07, 6.45) is -4.81. The lowest BCUT2D eigenvalue weighted by molar-refractivity contribution is -0.239. The minimum atomic E-state index is -2.85. The summed E-state index contributed by atoms with van der Waals surface area (Å²) < 4.78 is 38.2. The third kappa shape index (κ3) is 6.20. The molecule has 3 fully saturated rings. The highest BCUT2D eigenvalue weighted by Gasteiger charge is 2.56. The number of hydrogen-bond donors (Lipinski definition) is 2. The maximum Gasteiger partial charge on any atom is 0.261 e. The van der Waals surface area contributed by atoms with E-state index < -0.39 is 56.5 Å². The monoisotopic (exact) mass is 586 g/mol. The fourth-order valence-corrected chi connectivity index (χ4v) is 11.2. The number of benzene rings is 2. The van der Waals surface area contributed by atoms with Gasteiger partial charge in [0.15, 0.2) is 11.6 Å². The van der Waals surface area contributed by atoms with Crippen LogP contribution in [-0.2, 0) is 28.1 Å². The first kappa shape index (κ1) is 30.8. The standard InChI is InChI=1S/C32H46O8Si/c1-30(2,3)41(21-14-10-8-11-15-21,22-16-12-9-13-17-22)36-20-26-28(40-32(6,7)39-26)29-27(34)23(33)18-24(37-29)25-19-35-31(4,5)38-25/h8-17,23-29,33-34H,18-20H2,1-7H3/t23-,24-,25-,26-,27-,28+,29-/m1/s1. The van der Waals surface area contributed by atoms with Gasteiger partial charge in [0.1, 0.15) is 30.5 Å². The Morgan fingerprint density at radius 2 is 1.39 bits per heavy atom. The van der Waals surface area contributed by atoms with Crippen LogP contribution in [-0.4, -0.2) is 86.0 Å². The van der Waals surface area contributed by atoms with Crippen LogP contribution in [0.15, 0.2) is 60.7 Å². The molecule has 3 saturated heterocycles. The lowest BCUT2D eigenvalue weighted by Gasteiger charge is -2.44. The fourth-order valence-electron chi connectivity index (χ4n) is 6.58. The Morgan fingerprint density at radius 1 is 0.805 bits per heavy atom. The summed E-state index contributed by atoms with van der Waals surface area (Å²) in [5.74, 6) is -1.66. The largest absolute Gasteiger partial charge is 0.405 e. The topological polar surface area (TPSA) is 95.8 Å². The van der Waals surface area contributed by atoms with Gasteiger partial charge in [0.05, 0.1) is 25.4 Å². The Morgan fingerprint density at radius 3 is 1.90 bits per heavy atom. The van der Waals surface area contributed by atoms with Crippen LogP contribution in [0.2, 0.25) is 5.04 Å². The Hall–Kier alpha value is -1.66. The van der Waals surface area contributed by atoms with E-state index in [-0.39, 0.29) is 24.2 Å². The van der Waals surface area contributed by atoms with Crippen molar-refractivity contribution in [1.29, 1.82) is 0 Å². The van der Waals surface area contributed by atoms with Crippen molar-refractivity contribution >= 4 is 18.7 Å². The summed E-state index contributed by atoms with van der Waals surface area (Å²) in [6.45, 7) is 14.7. The van der Waals surface area contributed by atoms with Gasteiger partial charge >= 0.3 is 0 Å². The Balaban J connectivity index is 1.45. The number of aliphatic hydroxyl groups excluding tert-OH is 2.